The number of hydrogen-bond donors (Lipinski definition) is 1. The molecule has 0 aromatic rings. The quantitative estimate of drug-likeness (QED) is 0.726. The predicted molar refractivity (Wildman–Crippen MR) is 65.7 cm³/mol. The van der Waals surface area contributed by atoms with Crippen LogP contribution in [0.1, 0.15) is 52.4 Å². The lowest BCUT2D eigenvalue weighted by atomic mass is 9.74. The minimum atomic E-state index is -1.03. The van der Waals surface area contributed by atoms with Gasteiger partial charge >= 0.3 is 5.97 Å². The Hall–Kier alpha value is -1.06. The van der Waals surface area contributed by atoms with Crippen LogP contribution >= 0.6 is 0 Å². The zero-order valence-corrected chi connectivity index (χ0v) is 10.8. The first-order valence-electron chi connectivity index (χ1n) is 6.52. The second-order valence-electron chi connectivity index (χ2n) is 5.09. The van der Waals surface area contributed by atoms with Gasteiger partial charge in [-0.05, 0) is 32.1 Å². The lowest BCUT2D eigenvalue weighted by molar-refractivity contribution is -0.159. The maximum Gasteiger partial charge on any atom is 0.329 e. The summed E-state index contributed by atoms with van der Waals surface area (Å²) in [5.74, 6) is -0.782. The topological polar surface area (TPSA) is 57.6 Å². The van der Waals surface area contributed by atoms with Crippen molar-refractivity contribution in [2.45, 2.75) is 57.9 Å². The Bertz CT molecular complexity index is 274. The number of hydrogen-bond acceptors (Lipinski definition) is 2. The number of rotatable bonds is 6. The number of nitrogens with zero attached hydrogens (tertiary/aromatic N) is 1. The highest BCUT2D eigenvalue weighted by Gasteiger charge is 2.45. The highest BCUT2D eigenvalue weighted by molar-refractivity contribution is 5.81. The van der Waals surface area contributed by atoms with Crippen molar-refractivity contribution < 1.29 is 14.7 Å². The molecule has 1 unspecified atom stereocenters. The van der Waals surface area contributed by atoms with E-state index in [1.807, 2.05) is 6.92 Å². The molecule has 0 spiro atoms. The van der Waals surface area contributed by atoms with Gasteiger partial charge in [-0.3, -0.25) is 4.79 Å². The van der Waals surface area contributed by atoms with Gasteiger partial charge in [0.25, 0.3) is 0 Å². The molecule has 98 valence electrons. The van der Waals surface area contributed by atoms with Crippen molar-refractivity contribution in [3.8, 4) is 0 Å². The molecule has 1 fully saturated rings. The van der Waals surface area contributed by atoms with E-state index in [0.29, 0.717) is 13.0 Å². The first kappa shape index (κ1) is 14.0. The summed E-state index contributed by atoms with van der Waals surface area (Å²) in [5.41, 5.74) is -1.03. The van der Waals surface area contributed by atoms with Crippen LogP contribution in [0.4, 0.5) is 0 Å². The summed E-state index contributed by atoms with van der Waals surface area (Å²) in [5, 5.41) is 9.51. The highest BCUT2D eigenvalue weighted by atomic mass is 16.4. The van der Waals surface area contributed by atoms with Crippen LogP contribution in [0.5, 0.6) is 0 Å². The fourth-order valence-electron chi connectivity index (χ4n) is 2.83. The molecule has 1 aliphatic carbocycles. The van der Waals surface area contributed by atoms with Gasteiger partial charge in [-0.25, -0.2) is 4.79 Å². The Morgan fingerprint density at radius 2 is 2.00 bits per heavy atom. The largest absolute Gasteiger partial charge is 0.479 e. The maximum absolute atomic E-state index is 11.6. The van der Waals surface area contributed by atoms with Crippen LogP contribution in [0.3, 0.4) is 0 Å². The average Bonchev–Trinajstić information content (AvgIpc) is 2.35. The van der Waals surface area contributed by atoms with Crippen LogP contribution in [0, 0.1) is 5.92 Å². The van der Waals surface area contributed by atoms with Gasteiger partial charge in [0.15, 0.2) is 0 Å². The van der Waals surface area contributed by atoms with Crippen LogP contribution in [0.25, 0.3) is 0 Å². The molecule has 1 aliphatic rings. The minimum absolute atomic E-state index is 0.0884. The number of carboxylic acid groups (broad SMARTS) is 1. The summed E-state index contributed by atoms with van der Waals surface area (Å²) in [6, 6.07) is 0. The molecule has 0 aromatic heterocycles. The molecule has 0 bridgehead atoms. The van der Waals surface area contributed by atoms with Crippen LogP contribution in [0.15, 0.2) is 0 Å². The Balaban J connectivity index is 2.92. The van der Waals surface area contributed by atoms with Crippen molar-refractivity contribution in [3.63, 3.8) is 0 Å². The third kappa shape index (κ3) is 2.79. The SMILES string of the molecule is CCCN(C=O)C(C)(C(=O)O)C1CCCCC1. The van der Waals surface area contributed by atoms with E-state index < -0.39 is 11.5 Å². The third-order valence-electron chi connectivity index (χ3n) is 4.02. The van der Waals surface area contributed by atoms with E-state index in [-0.39, 0.29) is 5.92 Å². The summed E-state index contributed by atoms with van der Waals surface area (Å²) >= 11 is 0. The molecule has 1 amide bonds. The van der Waals surface area contributed by atoms with Gasteiger partial charge in [0, 0.05) is 6.54 Å². The Morgan fingerprint density at radius 3 is 2.41 bits per heavy atom. The van der Waals surface area contributed by atoms with Crippen LogP contribution in [-0.4, -0.2) is 34.5 Å². The van der Waals surface area contributed by atoms with Crippen molar-refractivity contribution in [2.75, 3.05) is 6.54 Å². The van der Waals surface area contributed by atoms with E-state index in [9.17, 15) is 14.7 Å². The molecule has 1 rings (SSSR count). The molecular formula is C13H23NO3. The molecule has 1 atom stereocenters. The van der Waals surface area contributed by atoms with E-state index in [1.165, 1.54) is 11.3 Å². The summed E-state index contributed by atoms with van der Waals surface area (Å²) in [6.07, 6.45) is 6.65. The number of carboxylic acids is 1. The second-order valence-corrected chi connectivity index (χ2v) is 5.09. The molecule has 1 saturated carbocycles. The molecule has 0 aliphatic heterocycles. The summed E-state index contributed by atoms with van der Waals surface area (Å²) < 4.78 is 0. The maximum atomic E-state index is 11.6. The Morgan fingerprint density at radius 1 is 1.41 bits per heavy atom. The standard InChI is InChI=1S/C13H23NO3/c1-3-9-14(10-15)13(2,12(16)17)11-7-5-4-6-8-11/h10-11H,3-9H2,1-2H3,(H,16,17). The Labute approximate surface area is 103 Å². The van der Waals surface area contributed by atoms with Crippen molar-refractivity contribution in [2.24, 2.45) is 5.92 Å². The molecule has 1 N–H and O–H groups in total. The van der Waals surface area contributed by atoms with E-state index in [2.05, 4.69) is 0 Å². The molecule has 0 heterocycles. The first-order valence-corrected chi connectivity index (χ1v) is 6.52. The fraction of sp³-hybridized carbons (Fsp3) is 0.846. The molecule has 4 nitrogen and oxygen atoms in total. The molecule has 17 heavy (non-hydrogen) atoms. The summed E-state index contributed by atoms with van der Waals surface area (Å²) in [6.45, 7) is 4.18. The normalized spacial score (nSPS) is 20.6. The first-order chi connectivity index (χ1) is 8.07. The zero-order chi connectivity index (χ0) is 12.9. The zero-order valence-electron chi connectivity index (χ0n) is 10.8. The van der Waals surface area contributed by atoms with Crippen LogP contribution in [-0.2, 0) is 9.59 Å². The average molecular weight is 241 g/mol. The van der Waals surface area contributed by atoms with Gasteiger partial charge in [0.2, 0.25) is 6.41 Å². The van der Waals surface area contributed by atoms with Crippen LogP contribution in [0.2, 0.25) is 0 Å². The van der Waals surface area contributed by atoms with Crippen molar-refractivity contribution in [3.05, 3.63) is 0 Å². The van der Waals surface area contributed by atoms with Gasteiger partial charge in [0.05, 0.1) is 0 Å². The van der Waals surface area contributed by atoms with Crippen molar-refractivity contribution in [1.82, 2.24) is 4.90 Å². The van der Waals surface area contributed by atoms with Gasteiger partial charge in [-0.2, -0.15) is 0 Å². The van der Waals surface area contributed by atoms with E-state index in [0.717, 1.165) is 32.1 Å². The number of carbonyl (C=O) groups is 2. The minimum Gasteiger partial charge on any atom is -0.479 e. The number of carbonyl (C=O) groups excluding carboxylic acids is 1. The van der Waals surface area contributed by atoms with E-state index >= 15 is 0 Å². The Kier molecular flexibility index (Phi) is 4.97. The summed E-state index contributed by atoms with van der Waals surface area (Å²) in [7, 11) is 0. The third-order valence-corrected chi connectivity index (χ3v) is 4.02. The van der Waals surface area contributed by atoms with Gasteiger partial charge in [-0.15, -0.1) is 0 Å². The molecule has 0 saturated heterocycles. The molecule has 0 aromatic carbocycles. The monoisotopic (exact) mass is 241 g/mol. The van der Waals surface area contributed by atoms with Crippen LogP contribution < -0.4 is 0 Å². The second kappa shape index (κ2) is 6.03. The van der Waals surface area contributed by atoms with E-state index in [1.54, 1.807) is 6.92 Å². The smallest absolute Gasteiger partial charge is 0.329 e. The van der Waals surface area contributed by atoms with Crippen molar-refractivity contribution in [1.29, 1.82) is 0 Å². The van der Waals surface area contributed by atoms with Gasteiger partial charge in [-0.1, -0.05) is 26.2 Å². The summed E-state index contributed by atoms with van der Waals surface area (Å²) in [4.78, 5) is 24.2. The molecule has 0 radical (unpaired) electrons. The lowest BCUT2D eigenvalue weighted by Gasteiger charge is -2.42. The van der Waals surface area contributed by atoms with Gasteiger partial charge in [0.1, 0.15) is 5.54 Å². The number of amides is 1. The van der Waals surface area contributed by atoms with Gasteiger partial charge < -0.3 is 10.0 Å². The number of aliphatic carboxylic acids is 1. The molecule has 4 heteroatoms. The lowest BCUT2D eigenvalue weighted by Crippen LogP contribution is -2.57. The molecular weight excluding hydrogens is 218 g/mol. The van der Waals surface area contributed by atoms with E-state index in [4.69, 9.17) is 0 Å². The predicted octanol–water partition coefficient (Wildman–Crippen LogP) is 2.28. The fourth-order valence-corrected chi connectivity index (χ4v) is 2.83. The highest BCUT2D eigenvalue weighted by Crippen LogP contribution is 2.36. The van der Waals surface area contributed by atoms with Crippen molar-refractivity contribution >= 4 is 12.4 Å².